The summed E-state index contributed by atoms with van der Waals surface area (Å²) in [5.74, 6) is -0.0177. The maximum absolute atomic E-state index is 12.6. The number of hydrogen-bond acceptors (Lipinski definition) is 6. The van der Waals surface area contributed by atoms with Gasteiger partial charge in [0.05, 0.1) is 29.7 Å². The number of halogens is 1. The number of carbonyl (C=O) groups is 2. The van der Waals surface area contributed by atoms with E-state index in [0.29, 0.717) is 31.9 Å². The summed E-state index contributed by atoms with van der Waals surface area (Å²) in [7, 11) is -2.52. The van der Waals surface area contributed by atoms with E-state index in [-0.39, 0.29) is 22.4 Å². The Hall–Kier alpha value is -2.04. The Labute approximate surface area is 169 Å². The molecule has 1 aromatic carbocycles. The molecule has 1 N–H and O–H groups in total. The van der Waals surface area contributed by atoms with Crippen molar-refractivity contribution in [2.24, 2.45) is 0 Å². The molecule has 2 rings (SSSR count). The second-order valence-corrected chi connectivity index (χ2v) is 8.27. The number of sulfonamides is 1. The van der Waals surface area contributed by atoms with Crippen molar-refractivity contribution >= 4 is 33.6 Å². The van der Waals surface area contributed by atoms with Crippen molar-refractivity contribution in [1.29, 1.82) is 0 Å². The topological polar surface area (TPSA) is 105 Å². The molecule has 1 aliphatic heterocycles. The Morgan fingerprint density at radius 2 is 1.82 bits per heavy atom. The Morgan fingerprint density at radius 3 is 2.36 bits per heavy atom. The van der Waals surface area contributed by atoms with Crippen LogP contribution in [0.2, 0.25) is 5.02 Å². The molecule has 0 radical (unpaired) electrons. The summed E-state index contributed by atoms with van der Waals surface area (Å²) in [5, 5.41) is 0.152. The number of carbonyl (C=O) groups excluding carboxylic acids is 2. The molecule has 1 fully saturated rings. The second-order valence-electron chi connectivity index (χ2n) is 6.15. The minimum Gasteiger partial charge on any atom is -0.495 e. The number of benzene rings is 1. The van der Waals surface area contributed by atoms with Crippen molar-refractivity contribution in [2.45, 2.75) is 24.8 Å². The van der Waals surface area contributed by atoms with E-state index in [1.165, 1.54) is 42.0 Å². The van der Waals surface area contributed by atoms with E-state index in [1.54, 1.807) is 6.92 Å². The predicted octanol–water partition coefficient (Wildman–Crippen LogP) is 1.32. The van der Waals surface area contributed by atoms with Crippen LogP contribution in [0.5, 0.6) is 5.75 Å². The van der Waals surface area contributed by atoms with Crippen LogP contribution in [-0.2, 0) is 19.6 Å². The van der Waals surface area contributed by atoms with Gasteiger partial charge >= 0.3 is 6.09 Å². The first-order valence-corrected chi connectivity index (χ1v) is 10.6. The third-order valence-corrected chi connectivity index (χ3v) is 6.09. The van der Waals surface area contributed by atoms with E-state index >= 15 is 0 Å². The molecule has 0 aliphatic carbocycles. The highest BCUT2D eigenvalue weighted by molar-refractivity contribution is 7.89. The fraction of sp³-hybridized carbons (Fsp3) is 0.529. The van der Waals surface area contributed by atoms with E-state index < -0.39 is 22.2 Å². The third-order valence-electron chi connectivity index (χ3n) is 4.25. The van der Waals surface area contributed by atoms with E-state index in [1.807, 2.05) is 0 Å². The molecule has 0 aromatic heterocycles. The minimum atomic E-state index is -3.94. The fourth-order valence-corrected chi connectivity index (χ4v) is 4.31. The highest BCUT2D eigenvalue weighted by Gasteiger charge is 2.30. The number of nitrogens with one attached hydrogen (secondary N) is 1. The summed E-state index contributed by atoms with van der Waals surface area (Å²) in [6, 6.07) is 3.08. The molecule has 28 heavy (non-hydrogen) atoms. The summed E-state index contributed by atoms with van der Waals surface area (Å²) in [4.78, 5) is 27.3. The maximum Gasteiger partial charge on any atom is 0.409 e. The molecule has 0 unspecified atom stereocenters. The normalized spacial score (nSPS) is 15.9. The van der Waals surface area contributed by atoms with Crippen LogP contribution in [0.1, 0.15) is 13.8 Å². The van der Waals surface area contributed by atoms with E-state index in [2.05, 4.69) is 4.72 Å². The van der Waals surface area contributed by atoms with Crippen LogP contribution >= 0.6 is 11.6 Å². The number of amides is 2. The molecule has 2 amide bonds. The number of nitrogens with zero attached hydrogens (tertiary/aromatic N) is 2. The second kappa shape index (κ2) is 9.44. The van der Waals surface area contributed by atoms with Crippen LogP contribution in [-0.4, -0.2) is 76.2 Å². The number of methoxy groups -OCH3 is 1. The monoisotopic (exact) mass is 433 g/mol. The van der Waals surface area contributed by atoms with E-state index in [9.17, 15) is 18.0 Å². The van der Waals surface area contributed by atoms with Crippen molar-refractivity contribution < 1.29 is 27.5 Å². The fourth-order valence-electron chi connectivity index (χ4n) is 2.76. The van der Waals surface area contributed by atoms with Crippen LogP contribution in [0, 0.1) is 0 Å². The molecule has 156 valence electrons. The molecule has 0 spiro atoms. The lowest BCUT2D eigenvalue weighted by molar-refractivity contribution is -0.134. The Balaban J connectivity index is 1.98. The van der Waals surface area contributed by atoms with Crippen molar-refractivity contribution in [3.05, 3.63) is 23.2 Å². The van der Waals surface area contributed by atoms with Crippen LogP contribution in [0.25, 0.3) is 0 Å². The van der Waals surface area contributed by atoms with Crippen LogP contribution in [0.4, 0.5) is 4.79 Å². The van der Waals surface area contributed by atoms with Crippen molar-refractivity contribution in [3.63, 3.8) is 0 Å². The Kier molecular flexibility index (Phi) is 7.50. The zero-order chi connectivity index (χ0) is 20.9. The summed E-state index contributed by atoms with van der Waals surface area (Å²) >= 11 is 5.98. The molecule has 0 saturated carbocycles. The number of ether oxygens (including phenoxy) is 2. The number of rotatable bonds is 6. The smallest absolute Gasteiger partial charge is 0.409 e. The maximum atomic E-state index is 12.6. The highest BCUT2D eigenvalue weighted by Crippen LogP contribution is 2.27. The first-order valence-electron chi connectivity index (χ1n) is 8.76. The van der Waals surface area contributed by atoms with Gasteiger partial charge in [-0.05, 0) is 32.0 Å². The van der Waals surface area contributed by atoms with Crippen LogP contribution in [0.15, 0.2) is 23.1 Å². The Morgan fingerprint density at radius 1 is 1.21 bits per heavy atom. The van der Waals surface area contributed by atoms with Gasteiger partial charge in [0.15, 0.2) is 0 Å². The van der Waals surface area contributed by atoms with Gasteiger partial charge in [-0.1, -0.05) is 11.6 Å². The van der Waals surface area contributed by atoms with Crippen molar-refractivity contribution in [2.75, 3.05) is 39.9 Å². The zero-order valence-electron chi connectivity index (χ0n) is 16.0. The molecule has 1 atom stereocenters. The molecule has 11 heteroatoms. The third kappa shape index (κ3) is 5.27. The van der Waals surface area contributed by atoms with Gasteiger partial charge in [-0.2, -0.15) is 4.72 Å². The molecular weight excluding hydrogens is 410 g/mol. The van der Waals surface area contributed by atoms with Gasteiger partial charge < -0.3 is 19.3 Å². The molecule has 1 saturated heterocycles. The predicted molar refractivity (Wildman–Crippen MR) is 103 cm³/mol. The average molecular weight is 434 g/mol. The van der Waals surface area contributed by atoms with Gasteiger partial charge in [0.1, 0.15) is 5.75 Å². The molecule has 1 heterocycles. The zero-order valence-corrected chi connectivity index (χ0v) is 17.5. The molecular formula is C17H24ClN3O6S. The summed E-state index contributed by atoms with van der Waals surface area (Å²) < 4.78 is 37.4. The van der Waals surface area contributed by atoms with Gasteiger partial charge in [-0.15, -0.1) is 0 Å². The standard InChI is InChI=1S/C17H24ClN3O6S/c1-4-27-17(23)21-9-7-20(8-10-21)16(22)12(2)19-28(24,25)13-5-6-15(26-3)14(18)11-13/h5-6,11-12,19H,4,7-10H2,1-3H3/t12-/m1/s1. The van der Waals surface area contributed by atoms with Crippen molar-refractivity contribution in [1.82, 2.24) is 14.5 Å². The summed E-state index contributed by atoms with van der Waals surface area (Å²) in [6.45, 7) is 4.75. The van der Waals surface area contributed by atoms with Gasteiger partial charge in [-0.3, -0.25) is 4.79 Å². The summed E-state index contributed by atoms with van der Waals surface area (Å²) in [5.41, 5.74) is 0. The van der Waals surface area contributed by atoms with E-state index in [4.69, 9.17) is 21.1 Å². The number of hydrogen-bond donors (Lipinski definition) is 1. The van der Waals surface area contributed by atoms with Crippen LogP contribution < -0.4 is 9.46 Å². The largest absolute Gasteiger partial charge is 0.495 e. The highest BCUT2D eigenvalue weighted by atomic mass is 35.5. The minimum absolute atomic E-state index is 0.0647. The van der Waals surface area contributed by atoms with Gasteiger partial charge in [-0.25, -0.2) is 13.2 Å². The lowest BCUT2D eigenvalue weighted by Gasteiger charge is -2.35. The molecule has 1 aliphatic rings. The van der Waals surface area contributed by atoms with E-state index in [0.717, 1.165) is 0 Å². The SMILES string of the molecule is CCOC(=O)N1CCN(C(=O)[C@@H](C)NS(=O)(=O)c2ccc(OC)c(Cl)c2)CC1. The quantitative estimate of drug-likeness (QED) is 0.725. The lowest BCUT2D eigenvalue weighted by Crippen LogP contribution is -2.55. The van der Waals surface area contributed by atoms with Gasteiger partial charge in [0.2, 0.25) is 15.9 Å². The number of piperazine rings is 1. The van der Waals surface area contributed by atoms with Gasteiger partial charge in [0.25, 0.3) is 0 Å². The molecule has 1 aromatic rings. The van der Waals surface area contributed by atoms with Gasteiger partial charge in [0, 0.05) is 26.2 Å². The molecule has 0 bridgehead atoms. The summed E-state index contributed by atoms with van der Waals surface area (Å²) in [6.07, 6.45) is -0.417. The van der Waals surface area contributed by atoms with Crippen LogP contribution in [0.3, 0.4) is 0 Å². The molecule has 9 nitrogen and oxygen atoms in total. The average Bonchev–Trinajstić information content (AvgIpc) is 2.67. The Bertz CT molecular complexity index is 824. The first kappa shape index (κ1) is 22.3. The van der Waals surface area contributed by atoms with Crippen molar-refractivity contribution in [3.8, 4) is 5.75 Å². The first-order chi connectivity index (χ1) is 13.2. The lowest BCUT2D eigenvalue weighted by atomic mass is 10.2.